The number of anilines is 2. The highest BCUT2D eigenvalue weighted by Gasteiger charge is 2.15. The molecule has 5 nitrogen and oxygen atoms in total. The van der Waals surface area contributed by atoms with Gasteiger partial charge in [-0.3, -0.25) is 4.98 Å². The van der Waals surface area contributed by atoms with E-state index in [1.54, 1.807) is 6.20 Å². The highest BCUT2D eigenvalue weighted by atomic mass is 15.1. The van der Waals surface area contributed by atoms with Gasteiger partial charge in [0.2, 0.25) is 5.95 Å². The van der Waals surface area contributed by atoms with E-state index in [0.29, 0.717) is 12.5 Å². The molecule has 0 spiro atoms. The Balaban J connectivity index is 1.64. The number of nitrogens with zero attached hydrogens (tertiary/aromatic N) is 3. The average molecular weight is 325 g/mol. The van der Waals surface area contributed by atoms with Gasteiger partial charge in [-0.1, -0.05) is 25.3 Å². The summed E-state index contributed by atoms with van der Waals surface area (Å²) in [4.78, 5) is 13.5. The highest BCUT2D eigenvalue weighted by molar-refractivity contribution is 5.49. The summed E-state index contributed by atoms with van der Waals surface area (Å²) in [5.41, 5.74) is 3.13. The van der Waals surface area contributed by atoms with E-state index in [4.69, 9.17) is 0 Å². The van der Waals surface area contributed by atoms with Gasteiger partial charge in [-0.2, -0.15) is 4.98 Å². The normalized spacial score (nSPS) is 15.2. The molecule has 5 heteroatoms. The van der Waals surface area contributed by atoms with Crippen molar-refractivity contribution in [2.24, 2.45) is 5.92 Å². The number of hydrogen-bond donors (Lipinski definition) is 2. The van der Waals surface area contributed by atoms with Gasteiger partial charge in [0.25, 0.3) is 0 Å². The summed E-state index contributed by atoms with van der Waals surface area (Å²) in [5, 5.41) is 6.84. The second-order valence-corrected chi connectivity index (χ2v) is 6.67. The molecule has 24 heavy (non-hydrogen) atoms. The molecule has 0 unspecified atom stereocenters. The van der Waals surface area contributed by atoms with Crippen molar-refractivity contribution in [2.75, 3.05) is 17.2 Å². The minimum atomic E-state index is 0.630. The highest BCUT2D eigenvalue weighted by Crippen LogP contribution is 2.25. The van der Waals surface area contributed by atoms with Crippen LogP contribution in [0.15, 0.2) is 24.4 Å². The number of aryl methyl sites for hydroxylation is 1. The lowest BCUT2D eigenvalue weighted by atomic mass is 9.89. The molecule has 3 rings (SSSR count). The van der Waals surface area contributed by atoms with E-state index in [9.17, 15) is 0 Å². The van der Waals surface area contributed by atoms with E-state index in [1.807, 2.05) is 25.1 Å². The van der Waals surface area contributed by atoms with E-state index in [2.05, 4.69) is 32.5 Å². The van der Waals surface area contributed by atoms with Gasteiger partial charge in [0.1, 0.15) is 5.82 Å². The Morgan fingerprint density at radius 2 is 1.88 bits per heavy atom. The quantitative estimate of drug-likeness (QED) is 0.837. The minimum absolute atomic E-state index is 0.630. The first kappa shape index (κ1) is 16.7. The topological polar surface area (TPSA) is 62.7 Å². The lowest BCUT2D eigenvalue weighted by Crippen LogP contribution is -2.19. The Morgan fingerprint density at radius 1 is 1.04 bits per heavy atom. The fourth-order valence-corrected chi connectivity index (χ4v) is 3.18. The molecule has 0 saturated heterocycles. The van der Waals surface area contributed by atoms with Gasteiger partial charge >= 0.3 is 0 Å². The fraction of sp³-hybridized carbons (Fsp3) is 0.526. The lowest BCUT2D eigenvalue weighted by Gasteiger charge is -2.22. The molecule has 0 aromatic carbocycles. The number of aromatic nitrogens is 3. The third kappa shape index (κ3) is 4.43. The van der Waals surface area contributed by atoms with Crippen LogP contribution in [0.4, 0.5) is 11.8 Å². The molecule has 2 aromatic heterocycles. The zero-order valence-electron chi connectivity index (χ0n) is 14.7. The van der Waals surface area contributed by atoms with Gasteiger partial charge < -0.3 is 10.6 Å². The molecule has 2 aromatic rings. The van der Waals surface area contributed by atoms with Crippen LogP contribution < -0.4 is 10.6 Å². The first-order valence-electron chi connectivity index (χ1n) is 8.95. The molecule has 0 amide bonds. The molecule has 128 valence electrons. The van der Waals surface area contributed by atoms with Crippen molar-refractivity contribution >= 4 is 11.8 Å². The smallest absolute Gasteiger partial charge is 0.225 e. The summed E-state index contributed by atoms with van der Waals surface area (Å²) < 4.78 is 0. The van der Waals surface area contributed by atoms with E-state index < -0.39 is 0 Å². The van der Waals surface area contributed by atoms with Crippen LogP contribution in [0.25, 0.3) is 0 Å². The standard InChI is InChI=1S/C19H27N5/c1-14-15(2)23-19(22-13-17-10-6-7-11-20-17)24-18(14)21-12-16-8-4-3-5-9-16/h6-7,10-11,16H,3-5,8-9,12-13H2,1-2H3,(H2,21,22,23,24). The van der Waals surface area contributed by atoms with E-state index in [-0.39, 0.29) is 0 Å². The van der Waals surface area contributed by atoms with Gasteiger partial charge in [0, 0.05) is 24.0 Å². The van der Waals surface area contributed by atoms with Crippen LogP contribution in [-0.4, -0.2) is 21.5 Å². The third-order valence-corrected chi connectivity index (χ3v) is 4.83. The summed E-state index contributed by atoms with van der Waals surface area (Å²) >= 11 is 0. The Bertz CT molecular complexity index is 650. The van der Waals surface area contributed by atoms with E-state index >= 15 is 0 Å². The second kappa shape index (κ2) is 8.08. The maximum atomic E-state index is 4.67. The van der Waals surface area contributed by atoms with Crippen LogP contribution in [-0.2, 0) is 6.54 Å². The molecule has 2 heterocycles. The number of rotatable bonds is 6. The van der Waals surface area contributed by atoms with E-state index in [0.717, 1.165) is 35.2 Å². The van der Waals surface area contributed by atoms with Gasteiger partial charge in [0.05, 0.1) is 12.2 Å². The summed E-state index contributed by atoms with van der Waals surface area (Å²) in [5.74, 6) is 2.39. The van der Waals surface area contributed by atoms with Crippen LogP contribution >= 0.6 is 0 Å². The summed E-state index contributed by atoms with van der Waals surface area (Å²) in [6.45, 7) is 5.76. The van der Waals surface area contributed by atoms with Crippen molar-refractivity contribution in [3.8, 4) is 0 Å². The van der Waals surface area contributed by atoms with Crippen molar-refractivity contribution < 1.29 is 0 Å². The van der Waals surface area contributed by atoms with Gasteiger partial charge in [-0.25, -0.2) is 4.98 Å². The number of pyridine rings is 1. The molecule has 2 N–H and O–H groups in total. The number of nitrogens with one attached hydrogen (secondary N) is 2. The van der Waals surface area contributed by atoms with Crippen LogP contribution in [0.3, 0.4) is 0 Å². The molecule has 0 bridgehead atoms. The largest absolute Gasteiger partial charge is 0.369 e. The molecule has 1 aliphatic carbocycles. The van der Waals surface area contributed by atoms with Gasteiger partial charge in [-0.05, 0) is 44.7 Å². The summed E-state index contributed by atoms with van der Waals surface area (Å²) in [7, 11) is 0. The minimum Gasteiger partial charge on any atom is -0.369 e. The SMILES string of the molecule is Cc1nc(NCc2ccccn2)nc(NCC2CCCCC2)c1C. The van der Waals surface area contributed by atoms with Crippen LogP contribution in [0.5, 0.6) is 0 Å². The van der Waals surface area contributed by atoms with Crippen molar-refractivity contribution in [2.45, 2.75) is 52.5 Å². The molecule has 0 radical (unpaired) electrons. The Kier molecular flexibility index (Phi) is 5.62. The van der Waals surface area contributed by atoms with Crippen LogP contribution in [0.1, 0.15) is 49.1 Å². The summed E-state index contributed by atoms with van der Waals surface area (Å²) in [6, 6.07) is 5.90. The van der Waals surface area contributed by atoms with Crippen LogP contribution in [0, 0.1) is 19.8 Å². The third-order valence-electron chi connectivity index (χ3n) is 4.83. The van der Waals surface area contributed by atoms with Crippen molar-refractivity contribution in [3.63, 3.8) is 0 Å². The molecule has 0 aliphatic heterocycles. The van der Waals surface area contributed by atoms with Crippen molar-refractivity contribution in [1.82, 2.24) is 15.0 Å². The monoisotopic (exact) mass is 325 g/mol. The van der Waals surface area contributed by atoms with E-state index in [1.165, 1.54) is 32.1 Å². The molecule has 1 saturated carbocycles. The zero-order valence-corrected chi connectivity index (χ0v) is 14.7. The first-order valence-corrected chi connectivity index (χ1v) is 8.95. The van der Waals surface area contributed by atoms with Crippen LogP contribution in [0.2, 0.25) is 0 Å². The molecule has 1 fully saturated rings. The predicted molar refractivity (Wildman–Crippen MR) is 98.1 cm³/mol. The Labute approximate surface area is 144 Å². The maximum absolute atomic E-state index is 4.67. The Hall–Kier alpha value is -2.17. The zero-order chi connectivity index (χ0) is 16.8. The predicted octanol–water partition coefficient (Wildman–Crippen LogP) is 4.09. The maximum Gasteiger partial charge on any atom is 0.225 e. The Morgan fingerprint density at radius 3 is 2.62 bits per heavy atom. The average Bonchev–Trinajstić information content (AvgIpc) is 2.63. The van der Waals surface area contributed by atoms with Crippen molar-refractivity contribution in [3.05, 3.63) is 41.3 Å². The summed E-state index contributed by atoms with van der Waals surface area (Å²) in [6.07, 6.45) is 8.59. The lowest BCUT2D eigenvalue weighted by molar-refractivity contribution is 0.373. The molecular weight excluding hydrogens is 298 g/mol. The van der Waals surface area contributed by atoms with Gasteiger partial charge in [0.15, 0.2) is 0 Å². The number of hydrogen-bond acceptors (Lipinski definition) is 5. The first-order chi connectivity index (χ1) is 11.7. The molecule has 0 atom stereocenters. The van der Waals surface area contributed by atoms with Gasteiger partial charge in [-0.15, -0.1) is 0 Å². The molecule has 1 aliphatic rings. The van der Waals surface area contributed by atoms with Crippen molar-refractivity contribution in [1.29, 1.82) is 0 Å². The fourth-order valence-electron chi connectivity index (χ4n) is 3.18. The molecular formula is C19H27N5. The second-order valence-electron chi connectivity index (χ2n) is 6.67.